The highest BCUT2D eigenvalue weighted by Gasteiger charge is 2.28. The van der Waals surface area contributed by atoms with E-state index in [0.717, 1.165) is 5.69 Å². The molecule has 19 heavy (non-hydrogen) atoms. The summed E-state index contributed by atoms with van der Waals surface area (Å²) in [4.78, 5) is 2.05. The van der Waals surface area contributed by atoms with Crippen LogP contribution in [-0.2, 0) is 4.74 Å². The predicted octanol–water partition coefficient (Wildman–Crippen LogP) is 1.46. The first kappa shape index (κ1) is 14.2. The Morgan fingerprint density at radius 1 is 1.53 bits per heavy atom. The molecule has 1 aliphatic rings. The molecule has 0 radical (unpaired) electrons. The molecular weight excluding hydrogens is 249 g/mol. The second-order valence-electron chi connectivity index (χ2n) is 5.02. The van der Waals surface area contributed by atoms with Crippen molar-refractivity contribution in [3.05, 3.63) is 29.6 Å². The zero-order valence-electron chi connectivity index (χ0n) is 11.2. The van der Waals surface area contributed by atoms with Crippen LogP contribution in [0.25, 0.3) is 0 Å². The summed E-state index contributed by atoms with van der Waals surface area (Å²) in [7, 11) is 0. The van der Waals surface area contributed by atoms with Crippen LogP contribution in [0, 0.1) is 5.82 Å². The predicted molar refractivity (Wildman–Crippen MR) is 70.7 cm³/mol. The fraction of sp³-hybridized carbons (Fsp3) is 0.571. The van der Waals surface area contributed by atoms with E-state index in [0.29, 0.717) is 18.7 Å². The molecule has 3 atom stereocenters. The summed E-state index contributed by atoms with van der Waals surface area (Å²) >= 11 is 0. The number of hydrogen-bond acceptors (Lipinski definition) is 4. The van der Waals surface area contributed by atoms with Crippen LogP contribution < -0.4 is 4.90 Å². The summed E-state index contributed by atoms with van der Waals surface area (Å²) in [6.07, 6.45) is -0.989. The molecule has 3 unspecified atom stereocenters. The average Bonchev–Trinajstić information content (AvgIpc) is 2.39. The summed E-state index contributed by atoms with van der Waals surface area (Å²) in [6.45, 7) is 4.61. The molecule has 0 bridgehead atoms. The maximum Gasteiger partial charge on any atom is 0.123 e. The van der Waals surface area contributed by atoms with Crippen LogP contribution in [0.1, 0.15) is 25.5 Å². The molecule has 4 nitrogen and oxygen atoms in total. The van der Waals surface area contributed by atoms with Crippen LogP contribution in [-0.4, -0.2) is 42.1 Å². The topological polar surface area (TPSA) is 52.9 Å². The maximum absolute atomic E-state index is 13.3. The Bertz CT molecular complexity index is 439. The monoisotopic (exact) mass is 269 g/mol. The van der Waals surface area contributed by atoms with Crippen LogP contribution >= 0.6 is 0 Å². The van der Waals surface area contributed by atoms with Gasteiger partial charge in [0.25, 0.3) is 0 Å². The molecule has 0 amide bonds. The number of benzene rings is 1. The molecule has 1 heterocycles. The third kappa shape index (κ3) is 3.05. The largest absolute Gasteiger partial charge is 0.394 e. The second-order valence-corrected chi connectivity index (χ2v) is 5.02. The van der Waals surface area contributed by atoms with Gasteiger partial charge in [0.05, 0.1) is 25.4 Å². The number of aliphatic hydroxyl groups is 2. The first-order chi connectivity index (χ1) is 9.02. The minimum atomic E-state index is -0.742. The number of aliphatic hydroxyl groups excluding tert-OH is 2. The van der Waals surface area contributed by atoms with E-state index in [4.69, 9.17) is 4.74 Å². The van der Waals surface area contributed by atoms with E-state index in [1.165, 1.54) is 12.1 Å². The Morgan fingerprint density at radius 2 is 2.26 bits per heavy atom. The van der Waals surface area contributed by atoms with E-state index in [9.17, 15) is 14.6 Å². The smallest absolute Gasteiger partial charge is 0.123 e. The van der Waals surface area contributed by atoms with Crippen molar-refractivity contribution in [2.24, 2.45) is 0 Å². The average molecular weight is 269 g/mol. The molecule has 1 fully saturated rings. The second kappa shape index (κ2) is 5.86. The molecule has 2 rings (SSSR count). The van der Waals surface area contributed by atoms with Gasteiger partial charge in [-0.25, -0.2) is 4.39 Å². The van der Waals surface area contributed by atoms with Gasteiger partial charge < -0.3 is 19.8 Å². The van der Waals surface area contributed by atoms with Crippen molar-refractivity contribution in [3.8, 4) is 0 Å². The molecule has 106 valence electrons. The van der Waals surface area contributed by atoms with Crippen LogP contribution in [0.2, 0.25) is 0 Å². The molecule has 1 aromatic rings. The summed E-state index contributed by atoms with van der Waals surface area (Å²) in [5, 5.41) is 19.0. The number of ether oxygens (including phenoxy) is 1. The highest BCUT2D eigenvalue weighted by atomic mass is 19.1. The zero-order valence-corrected chi connectivity index (χ0v) is 11.2. The number of rotatable bonds is 3. The number of morpholine rings is 1. The van der Waals surface area contributed by atoms with E-state index in [-0.39, 0.29) is 24.6 Å². The van der Waals surface area contributed by atoms with Crippen molar-refractivity contribution in [1.29, 1.82) is 0 Å². The molecule has 1 saturated heterocycles. The van der Waals surface area contributed by atoms with E-state index in [1.807, 2.05) is 11.8 Å². The quantitative estimate of drug-likeness (QED) is 0.872. The van der Waals surface area contributed by atoms with Crippen molar-refractivity contribution < 1.29 is 19.3 Å². The van der Waals surface area contributed by atoms with Crippen molar-refractivity contribution in [2.45, 2.75) is 32.1 Å². The highest BCUT2D eigenvalue weighted by molar-refractivity contribution is 5.56. The standard InChI is InChI=1S/C14H20FNO3/c1-9-8-19-12(7-17)6-16(9)14-4-3-11(15)5-13(14)10(2)18/h3-5,9-10,12,17-18H,6-8H2,1-2H3. The van der Waals surface area contributed by atoms with Gasteiger partial charge in [-0.05, 0) is 32.0 Å². The lowest BCUT2D eigenvalue weighted by atomic mass is 10.0. The zero-order chi connectivity index (χ0) is 14.0. The lowest BCUT2D eigenvalue weighted by Gasteiger charge is -2.40. The minimum absolute atomic E-state index is 0.0472. The normalized spacial score (nSPS) is 25.4. The Morgan fingerprint density at radius 3 is 2.89 bits per heavy atom. The van der Waals surface area contributed by atoms with E-state index in [2.05, 4.69) is 0 Å². The summed E-state index contributed by atoms with van der Waals surface area (Å²) in [5.74, 6) is -0.362. The SMILES string of the molecule is CC(O)c1cc(F)ccc1N1CC(CO)OCC1C. The molecular formula is C14H20FNO3. The molecule has 1 aliphatic heterocycles. The van der Waals surface area contributed by atoms with Crippen molar-refractivity contribution in [3.63, 3.8) is 0 Å². The lowest BCUT2D eigenvalue weighted by molar-refractivity contribution is -0.0104. The molecule has 0 spiro atoms. The minimum Gasteiger partial charge on any atom is -0.394 e. The first-order valence-corrected chi connectivity index (χ1v) is 6.49. The third-order valence-electron chi connectivity index (χ3n) is 3.46. The van der Waals surface area contributed by atoms with Crippen molar-refractivity contribution >= 4 is 5.69 Å². The molecule has 2 N–H and O–H groups in total. The first-order valence-electron chi connectivity index (χ1n) is 6.49. The highest BCUT2D eigenvalue weighted by Crippen LogP contribution is 2.30. The fourth-order valence-electron chi connectivity index (χ4n) is 2.39. The fourth-order valence-corrected chi connectivity index (χ4v) is 2.39. The molecule has 0 saturated carbocycles. The summed E-state index contributed by atoms with van der Waals surface area (Å²) in [6, 6.07) is 4.53. The maximum atomic E-state index is 13.3. The van der Waals surface area contributed by atoms with Gasteiger partial charge in [0.1, 0.15) is 5.82 Å². The third-order valence-corrected chi connectivity index (χ3v) is 3.46. The number of nitrogens with zero attached hydrogens (tertiary/aromatic N) is 1. The summed E-state index contributed by atoms with van der Waals surface area (Å²) in [5.41, 5.74) is 1.36. The van der Waals surface area contributed by atoms with Crippen LogP contribution in [0.3, 0.4) is 0 Å². The van der Waals surface area contributed by atoms with Gasteiger partial charge in [0.2, 0.25) is 0 Å². The molecule has 0 aromatic heterocycles. The van der Waals surface area contributed by atoms with Crippen LogP contribution in [0.4, 0.5) is 10.1 Å². The van der Waals surface area contributed by atoms with Gasteiger partial charge in [-0.1, -0.05) is 0 Å². The van der Waals surface area contributed by atoms with E-state index in [1.54, 1.807) is 13.0 Å². The van der Waals surface area contributed by atoms with Gasteiger partial charge in [0, 0.05) is 23.8 Å². The van der Waals surface area contributed by atoms with Gasteiger partial charge in [-0.15, -0.1) is 0 Å². The Hall–Kier alpha value is -1.17. The van der Waals surface area contributed by atoms with Gasteiger partial charge in [-0.2, -0.15) is 0 Å². The lowest BCUT2D eigenvalue weighted by Crippen LogP contribution is -2.50. The van der Waals surface area contributed by atoms with Gasteiger partial charge >= 0.3 is 0 Å². The number of hydrogen-bond donors (Lipinski definition) is 2. The Kier molecular flexibility index (Phi) is 4.39. The van der Waals surface area contributed by atoms with Crippen molar-refractivity contribution in [2.75, 3.05) is 24.7 Å². The summed E-state index contributed by atoms with van der Waals surface area (Å²) < 4.78 is 18.8. The Labute approximate surface area is 112 Å². The van der Waals surface area contributed by atoms with Gasteiger partial charge in [0.15, 0.2) is 0 Å². The Balaban J connectivity index is 2.33. The van der Waals surface area contributed by atoms with E-state index >= 15 is 0 Å². The van der Waals surface area contributed by atoms with Crippen LogP contribution in [0.15, 0.2) is 18.2 Å². The van der Waals surface area contributed by atoms with Crippen molar-refractivity contribution in [1.82, 2.24) is 0 Å². The van der Waals surface area contributed by atoms with Gasteiger partial charge in [-0.3, -0.25) is 0 Å². The number of anilines is 1. The molecule has 0 aliphatic carbocycles. The molecule has 1 aromatic carbocycles. The molecule has 5 heteroatoms. The van der Waals surface area contributed by atoms with E-state index < -0.39 is 6.10 Å². The van der Waals surface area contributed by atoms with Crippen LogP contribution in [0.5, 0.6) is 0 Å². The number of halogens is 1.